The lowest BCUT2D eigenvalue weighted by Gasteiger charge is -2.16. The average molecular weight is 335 g/mol. The Bertz CT molecular complexity index is 788. The Balaban J connectivity index is 1.83. The van der Waals surface area contributed by atoms with Crippen LogP contribution in [0.3, 0.4) is 0 Å². The first-order chi connectivity index (χ1) is 10.9. The van der Waals surface area contributed by atoms with Crippen molar-refractivity contribution in [2.45, 2.75) is 18.3 Å². The topological polar surface area (TPSA) is 72.2 Å². The maximum Gasteiger partial charge on any atom is 0.306 e. The van der Waals surface area contributed by atoms with Crippen LogP contribution in [0.1, 0.15) is 18.4 Å². The highest BCUT2D eigenvalue weighted by Crippen LogP contribution is 2.49. The number of rotatable bonds is 4. The lowest BCUT2D eigenvalue weighted by Crippen LogP contribution is -2.27. The lowest BCUT2D eigenvalue weighted by atomic mass is 9.95. The molecule has 1 fully saturated rings. The van der Waals surface area contributed by atoms with Gasteiger partial charge in [-0.1, -0.05) is 23.7 Å². The van der Waals surface area contributed by atoms with E-state index in [1.165, 1.54) is 6.07 Å². The number of halogens is 2. The monoisotopic (exact) mass is 334 g/mol. The number of anilines is 1. The molecule has 2 aromatic carbocycles. The average Bonchev–Trinajstić information content (AvgIpc) is 3.31. The summed E-state index contributed by atoms with van der Waals surface area (Å²) in [7, 11) is 0. The van der Waals surface area contributed by atoms with Crippen molar-refractivity contribution in [2.24, 2.45) is 0 Å². The molecule has 3 rings (SSSR count). The Morgan fingerprint density at radius 2 is 1.87 bits per heavy atom. The molecule has 7 heteroatoms. The lowest BCUT2D eigenvalue weighted by molar-refractivity contribution is -0.387. The van der Waals surface area contributed by atoms with E-state index in [9.17, 15) is 19.3 Å². The van der Waals surface area contributed by atoms with E-state index >= 15 is 0 Å². The highest BCUT2D eigenvalue weighted by atomic mass is 35.5. The molecule has 5 nitrogen and oxygen atoms in total. The number of amides is 1. The Hall–Kier alpha value is -2.47. The van der Waals surface area contributed by atoms with Gasteiger partial charge in [0.15, 0.2) is 0 Å². The predicted molar refractivity (Wildman–Crippen MR) is 84.0 cm³/mol. The van der Waals surface area contributed by atoms with E-state index in [-0.39, 0.29) is 11.6 Å². The molecular weight excluding hydrogens is 323 g/mol. The molecule has 23 heavy (non-hydrogen) atoms. The van der Waals surface area contributed by atoms with Gasteiger partial charge in [0.25, 0.3) is 0 Å². The Morgan fingerprint density at radius 1 is 1.22 bits per heavy atom. The first-order valence-electron chi connectivity index (χ1n) is 6.94. The van der Waals surface area contributed by atoms with Crippen LogP contribution in [0, 0.1) is 15.9 Å². The fourth-order valence-electron chi connectivity index (χ4n) is 2.52. The summed E-state index contributed by atoms with van der Waals surface area (Å²) in [6.45, 7) is 0. The Morgan fingerprint density at radius 3 is 2.43 bits per heavy atom. The quantitative estimate of drug-likeness (QED) is 0.677. The summed E-state index contributed by atoms with van der Waals surface area (Å²) in [5, 5.41) is 14.0. The first kappa shape index (κ1) is 15.4. The Labute approximate surface area is 136 Å². The van der Waals surface area contributed by atoms with Gasteiger partial charge in [-0.15, -0.1) is 0 Å². The maximum atomic E-state index is 13.3. The van der Waals surface area contributed by atoms with Gasteiger partial charge >= 0.3 is 5.69 Å². The highest BCUT2D eigenvalue weighted by molar-refractivity contribution is 6.30. The summed E-state index contributed by atoms with van der Waals surface area (Å²) in [4.78, 5) is 22.5. The number of carbonyl (C=O) groups excluding carboxylic acids is 1. The van der Waals surface area contributed by atoms with Gasteiger partial charge in [-0.2, -0.15) is 4.39 Å². The van der Waals surface area contributed by atoms with E-state index < -0.39 is 21.8 Å². The third-order valence-corrected chi connectivity index (χ3v) is 4.23. The standard InChI is InChI=1S/C16H12ClFN2O3/c17-11-3-1-10(2-4-11)16(7-8-16)15(21)19-12-5-6-13(18)14(9-12)20(22)23/h1-6,9H,7-8H2,(H,19,21). The van der Waals surface area contributed by atoms with E-state index in [0.717, 1.165) is 17.7 Å². The van der Waals surface area contributed by atoms with E-state index in [4.69, 9.17) is 11.6 Å². The zero-order valence-electron chi connectivity index (χ0n) is 11.9. The van der Waals surface area contributed by atoms with E-state index in [0.29, 0.717) is 17.9 Å². The fourth-order valence-corrected chi connectivity index (χ4v) is 2.65. The second kappa shape index (κ2) is 5.62. The molecule has 2 aromatic rings. The van der Waals surface area contributed by atoms with Crippen molar-refractivity contribution in [2.75, 3.05) is 5.32 Å². The van der Waals surface area contributed by atoms with Crippen molar-refractivity contribution in [3.8, 4) is 0 Å². The largest absolute Gasteiger partial charge is 0.325 e. The van der Waals surface area contributed by atoms with Crippen molar-refractivity contribution in [3.05, 3.63) is 69.0 Å². The highest BCUT2D eigenvalue weighted by Gasteiger charge is 2.51. The summed E-state index contributed by atoms with van der Waals surface area (Å²) in [5.74, 6) is -1.20. The predicted octanol–water partition coefficient (Wildman–Crippen LogP) is 4.06. The molecule has 0 saturated heterocycles. The molecular formula is C16H12ClFN2O3. The smallest absolute Gasteiger partial charge is 0.306 e. The van der Waals surface area contributed by atoms with Crippen molar-refractivity contribution in [3.63, 3.8) is 0 Å². The number of hydrogen-bond acceptors (Lipinski definition) is 3. The van der Waals surface area contributed by atoms with Crippen LogP contribution in [0.15, 0.2) is 42.5 Å². The summed E-state index contributed by atoms with van der Waals surface area (Å²) < 4.78 is 13.3. The minimum atomic E-state index is -0.938. The minimum absolute atomic E-state index is 0.198. The molecule has 0 spiro atoms. The number of hydrogen-bond donors (Lipinski definition) is 1. The van der Waals surface area contributed by atoms with Crippen LogP contribution in [-0.2, 0) is 10.2 Å². The molecule has 118 valence electrons. The summed E-state index contributed by atoms with van der Waals surface area (Å²) >= 11 is 5.85. The van der Waals surface area contributed by atoms with Gasteiger partial charge in [-0.3, -0.25) is 14.9 Å². The van der Waals surface area contributed by atoms with Crippen LogP contribution >= 0.6 is 11.6 Å². The van der Waals surface area contributed by atoms with Crippen LogP contribution in [0.2, 0.25) is 5.02 Å². The van der Waals surface area contributed by atoms with Crippen LogP contribution in [-0.4, -0.2) is 10.8 Å². The van der Waals surface area contributed by atoms with Crippen LogP contribution in [0.4, 0.5) is 15.8 Å². The van der Waals surface area contributed by atoms with Crippen molar-refractivity contribution in [1.29, 1.82) is 0 Å². The molecule has 1 amide bonds. The fraction of sp³-hybridized carbons (Fsp3) is 0.188. The normalized spacial score (nSPS) is 15.0. The third-order valence-electron chi connectivity index (χ3n) is 3.98. The molecule has 1 aliphatic rings. The molecule has 0 radical (unpaired) electrons. The van der Waals surface area contributed by atoms with Gasteiger partial charge < -0.3 is 5.32 Å². The molecule has 1 N–H and O–H groups in total. The van der Waals surface area contributed by atoms with Gasteiger partial charge in [-0.05, 0) is 42.7 Å². The molecule has 1 aliphatic carbocycles. The molecule has 0 aliphatic heterocycles. The SMILES string of the molecule is O=C(Nc1ccc(F)c([N+](=O)[O-])c1)C1(c2ccc(Cl)cc2)CC1. The van der Waals surface area contributed by atoms with Gasteiger partial charge in [0.2, 0.25) is 11.7 Å². The number of nitrogens with one attached hydrogen (secondary N) is 1. The summed E-state index contributed by atoms with van der Waals surface area (Å²) in [6, 6.07) is 10.3. The molecule has 0 aromatic heterocycles. The van der Waals surface area contributed by atoms with Gasteiger partial charge in [0.1, 0.15) is 0 Å². The van der Waals surface area contributed by atoms with Crippen LogP contribution in [0.25, 0.3) is 0 Å². The van der Waals surface area contributed by atoms with Crippen molar-refractivity contribution in [1.82, 2.24) is 0 Å². The second-order valence-electron chi connectivity index (χ2n) is 5.47. The second-order valence-corrected chi connectivity index (χ2v) is 5.90. The van der Waals surface area contributed by atoms with Gasteiger partial charge in [0.05, 0.1) is 10.3 Å². The maximum absolute atomic E-state index is 13.3. The first-order valence-corrected chi connectivity index (χ1v) is 7.32. The number of nitro benzene ring substituents is 1. The number of nitro groups is 1. The van der Waals surface area contributed by atoms with E-state index in [2.05, 4.69) is 5.32 Å². The molecule has 0 unspecified atom stereocenters. The van der Waals surface area contributed by atoms with E-state index in [1.807, 2.05) is 0 Å². The zero-order chi connectivity index (χ0) is 16.6. The van der Waals surface area contributed by atoms with Gasteiger partial charge in [0, 0.05) is 16.8 Å². The summed E-state index contributed by atoms with van der Waals surface area (Å²) in [5.41, 5.74) is -0.271. The number of nitrogens with zero attached hydrogens (tertiary/aromatic N) is 1. The third kappa shape index (κ3) is 2.90. The molecule has 0 bridgehead atoms. The van der Waals surface area contributed by atoms with E-state index in [1.54, 1.807) is 24.3 Å². The molecule has 0 atom stereocenters. The summed E-state index contributed by atoms with van der Waals surface area (Å²) in [6.07, 6.45) is 1.37. The van der Waals surface area contributed by atoms with Crippen LogP contribution < -0.4 is 5.32 Å². The Kier molecular flexibility index (Phi) is 3.77. The van der Waals surface area contributed by atoms with Gasteiger partial charge in [-0.25, -0.2) is 0 Å². The molecule has 0 heterocycles. The molecule has 1 saturated carbocycles. The minimum Gasteiger partial charge on any atom is -0.325 e. The van der Waals surface area contributed by atoms with Crippen molar-refractivity contribution < 1.29 is 14.1 Å². The zero-order valence-corrected chi connectivity index (χ0v) is 12.6. The van der Waals surface area contributed by atoms with Crippen LogP contribution in [0.5, 0.6) is 0 Å². The number of benzene rings is 2. The number of carbonyl (C=O) groups is 1. The van der Waals surface area contributed by atoms with Crippen molar-refractivity contribution >= 4 is 28.9 Å².